The van der Waals surface area contributed by atoms with Crippen LogP contribution in [0.4, 0.5) is 5.69 Å². The quantitative estimate of drug-likeness (QED) is 0.664. The summed E-state index contributed by atoms with van der Waals surface area (Å²) in [4.78, 5) is 16.2. The standard InChI is InChI=1S/C16H18N2O2/c1-3-11(2)16(19)15-10-14(8-9-18-15)20-13-6-4-12(17)5-7-13/h4-11H,3,17H2,1-2H3. The number of aromatic nitrogens is 1. The number of anilines is 1. The number of ketones is 1. The first-order chi connectivity index (χ1) is 9.60. The highest BCUT2D eigenvalue weighted by Gasteiger charge is 2.15. The molecule has 4 nitrogen and oxygen atoms in total. The smallest absolute Gasteiger partial charge is 0.184 e. The first kappa shape index (κ1) is 14.1. The zero-order valence-corrected chi connectivity index (χ0v) is 11.7. The van der Waals surface area contributed by atoms with Crippen molar-refractivity contribution < 1.29 is 9.53 Å². The molecule has 1 aromatic heterocycles. The van der Waals surface area contributed by atoms with Gasteiger partial charge in [0.1, 0.15) is 17.2 Å². The molecule has 2 N–H and O–H groups in total. The van der Waals surface area contributed by atoms with Gasteiger partial charge in [-0.05, 0) is 36.8 Å². The zero-order chi connectivity index (χ0) is 14.5. The summed E-state index contributed by atoms with van der Waals surface area (Å²) in [5, 5.41) is 0. The predicted octanol–water partition coefficient (Wildman–Crippen LogP) is 3.68. The molecule has 0 bridgehead atoms. The number of hydrogen-bond acceptors (Lipinski definition) is 4. The van der Waals surface area contributed by atoms with Crippen molar-refractivity contribution in [1.82, 2.24) is 4.98 Å². The van der Waals surface area contributed by atoms with E-state index in [1.165, 1.54) is 0 Å². The number of nitrogens with two attached hydrogens (primary N) is 1. The van der Waals surface area contributed by atoms with Crippen LogP contribution in [0.2, 0.25) is 0 Å². The monoisotopic (exact) mass is 270 g/mol. The topological polar surface area (TPSA) is 65.2 Å². The Morgan fingerprint density at radius 2 is 1.95 bits per heavy atom. The van der Waals surface area contributed by atoms with Crippen molar-refractivity contribution in [2.75, 3.05) is 5.73 Å². The van der Waals surface area contributed by atoms with E-state index < -0.39 is 0 Å². The number of nitrogen functional groups attached to an aromatic ring is 1. The molecular weight excluding hydrogens is 252 g/mol. The fraction of sp³-hybridized carbons (Fsp3) is 0.250. The summed E-state index contributed by atoms with van der Waals surface area (Å²) < 4.78 is 5.69. The van der Waals surface area contributed by atoms with Gasteiger partial charge in [0.25, 0.3) is 0 Å². The molecule has 0 amide bonds. The maximum absolute atomic E-state index is 12.1. The van der Waals surface area contributed by atoms with Crippen LogP contribution >= 0.6 is 0 Å². The van der Waals surface area contributed by atoms with Crippen molar-refractivity contribution in [2.45, 2.75) is 20.3 Å². The second-order valence-electron chi connectivity index (χ2n) is 4.72. The number of hydrogen-bond donors (Lipinski definition) is 1. The highest BCUT2D eigenvalue weighted by atomic mass is 16.5. The Balaban J connectivity index is 2.17. The molecule has 1 heterocycles. The molecule has 4 heteroatoms. The lowest BCUT2D eigenvalue weighted by Crippen LogP contribution is -2.11. The summed E-state index contributed by atoms with van der Waals surface area (Å²) in [7, 11) is 0. The highest BCUT2D eigenvalue weighted by molar-refractivity contribution is 5.96. The minimum absolute atomic E-state index is 0.0331. The van der Waals surface area contributed by atoms with Crippen LogP contribution in [0.15, 0.2) is 42.6 Å². The largest absolute Gasteiger partial charge is 0.457 e. The SMILES string of the molecule is CCC(C)C(=O)c1cc(Oc2ccc(N)cc2)ccn1. The van der Waals surface area contributed by atoms with E-state index in [0.29, 0.717) is 22.9 Å². The number of carbonyl (C=O) groups excluding carboxylic acids is 1. The normalized spacial score (nSPS) is 11.9. The van der Waals surface area contributed by atoms with Crippen molar-refractivity contribution in [2.24, 2.45) is 5.92 Å². The van der Waals surface area contributed by atoms with Gasteiger partial charge in [-0.3, -0.25) is 9.78 Å². The Morgan fingerprint density at radius 1 is 1.25 bits per heavy atom. The van der Waals surface area contributed by atoms with Gasteiger partial charge >= 0.3 is 0 Å². The molecule has 0 fully saturated rings. The summed E-state index contributed by atoms with van der Waals surface area (Å²) in [6.45, 7) is 3.88. The van der Waals surface area contributed by atoms with Crippen LogP contribution in [0.25, 0.3) is 0 Å². The van der Waals surface area contributed by atoms with Crippen LogP contribution < -0.4 is 10.5 Å². The molecule has 0 spiro atoms. The van der Waals surface area contributed by atoms with Gasteiger partial charge in [-0.2, -0.15) is 0 Å². The average molecular weight is 270 g/mol. The zero-order valence-electron chi connectivity index (χ0n) is 11.7. The lowest BCUT2D eigenvalue weighted by Gasteiger charge is -2.09. The third-order valence-corrected chi connectivity index (χ3v) is 3.16. The Morgan fingerprint density at radius 3 is 2.60 bits per heavy atom. The summed E-state index contributed by atoms with van der Waals surface area (Å²) in [6.07, 6.45) is 2.38. The molecule has 1 atom stereocenters. The third kappa shape index (κ3) is 3.35. The number of pyridine rings is 1. The number of ether oxygens (including phenoxy) is 1. The Bertz CT molecular complexity index is 594. The van der Waals surface area contributed by atoms with Gasteiger partial charge in [-0.1, -0.05) is 13.8 Å². The van der Waals surface area contributed by atoms with Gasteiger partial charge in [0.05, 0.1) is 0 Å². The second kappa shape index (κ2) is 6.19. The lowest BCUT2D eigenvalue weighted by molar-refractivity contribution is 0.0922. The van der Waals surface area contributed by atoms with Crippen molar-refractivity contribution >= 4 is 11.5 Å². The number of Topliss-reactive ketones (excluding diaryl/α,β-unsaturated/α-hetero) is 1. The number of benzene rings is 1. The summed E-state index contributed by atoms with van der Waals surface area (Å²) in [6, 6.07) is 10.5. The Kier molecular flexibility index (Phi) is 4.35. The van der Waals surface area contributed by atoms with Gasteiger partial charge in [0, 0.05) is 23.9 Å². The maximum atomic E-state index is 12.1. The third-order valence-electron chi connectivity index (χ3n) is 3.16. The van der Waals surface area contributed by atoms with Crippen molar-refractivity contribution in [3.05, 3.63) is 48.3 Å². The van der Waals surface area contributed by atoms with Crippen molar-refractivity contribution in [3.8, 4) is 11.5 Å². The first-order valence-electron chi connectivity index (χ1n) is 6.63. The van der Waals surface area contributed by atoms with E-state index in [4.69, 9.17) is 10.5 Å². The summed E-state index contributed by atoms with van der Waals surface area (Å²) in [5.74, 6) is 1.27. The molecule has 0 aliphatic rings. The summed E-state index contributed by atoms with van der Waals surface area (Å²) in [5.41, 5.74) is 6.74. The molecule has 20 heavy (non-hydrogen) atoms. The van der Waals surface area contributed by atoms with Crippen LogP contribution in [0, 0.1) is 5.92 Å². The van der Waals surface area contributed by atoms with E-state index in [1.807, 2.05) is 13.8 Å². The van der Waals surface area contributed by atoms with Crippen LogP contribution in [-0.2, 0) is 0 Å². The molecule has 0 aliphatic carbocycles. The van der Waals surface area contributed by atoms with Crippen molar-refractivity contribution in [3.63, 3.8) is 0 Å². The number of nitrogens with zero attached hydrogens (tertiary/aromatic N) is 1. The molecule has 0 saturated carbocycles. The van der Waals surface area contributed by atoms with E-state index >= 15 is 0 Å². The van der Waals surface area contributed by atoms with Gasteiger partial charge in [-0.15, -0.1) is 0 Å². The fourth-order valence-electron chi connectivity index (χ4n) is 1.72. The summed E-state index contributed by atoms with van der Waals surface area (Å²) >= 11 is 0. The molecule has 0 aliphatic heterocycles. The van der Waals surface area contributed by atoms with Crippen LogP contribution in [0.1, 0.15) is 30.8 Å². The van der Waals surface area contributed by atoms with E-state index in [9.17, 15) is 4.79 Å². The molecular formula is C16H18N2O2. The Hall–Kier alpha value is -2.36. The molecule has 0 saturated heterocycles. The number of rotatable bonds is 5. The van der Waals surface area contributed by atoms with Gasteiger partial charge in [0.15, 0.2) is 5.78 Å². The fourth-order valence-corrected chi connectivity index (χ4v) is 1.72. The number of carbonyl (C=O) groups is 1. The second-order valence-corrected chi connectivity index (χ2v) is 4.72. The van der Waals surface area contributed by atoms with Gasteiger partial charge in [0.2, 0.25) is 0 Å². The predicted molar refractivity (Wildman–Crippen MR) is 79.0 cm³/mol. The van der Waals surface area contributed by atoms with E-state index in [0.717, 1.165) is 6.42 Å². The van der Waals surface area contributed by atoms with Gasteiger partial charge < -0.3 is 10.5 Å². The van der Waals surface area contributed by atoms with Gasteiger partial charge in [-0.25, -0.2) is 0 Å². The molecule has 2 rings (SSSR count). The maximum Gasteiger partial charge on any atom is 0.184 e. The molecule has 1 unspecified atom stereocenters. The van der Waals surface area contributed by atoms with E-state index in [-0.39, 0.29) is 11.7 Å². The van der Waals surface area contributed by atoms with E-state index in [1.54, 1.807) is 42.6 Å². The van der Waals surface area contributed by atoms with Crippen molar-refractivity contribution in [1.29, 1.82) is 0 Å². The minimum atomic E-state index is -0.0331. The lowest BCUT2D eigenvalue weighted by atomic mass is 10.0. The van der Waals surface area contributed by atoms with Crippen LogP contribution in [0.3, 0.4) is 0 Å². The molecule has 104 valence electrons. The van der Waals surface area contributed by atoms with E-state index in [2.05, 4.69) is 4.98 Å². The molecule has 2 aromatic rings. The first-order valence-corrected chi connectivity index (χ1v) is 6.63. The highest BCUT2D eigenvalue weighted by Crippen LogP contribution is 2.23. The molecule has 0 radical (unpaired) electrons. The minimum Gasteiger partial charge on any atom is -0.457 e. The molecule has 1 aromatic carbocycles. The van der Waals surface area contributed by atoms with Crippen LogP contribution in [0.5, 0.6) is 11.5 Å². The van der Waals surface area contributed by atoms with Crippen LogP contribution in [-0.4, -0.2) is 10.8 Å². The average Bonchev–Trinajstić information content (AvgIpc) is 2.48. The Labute approximate surface area is 118 Å².